The molecule has 0 aliphatic heterocycles. The molecule has 1 N–H and O–H groups in total. The Labute approximate surface area is 186 Å². The van der Waals surface area contributed by atoms with Gasteiger partial charge in [-0.25, -0.2) is 23.3 Å². The highest BCUT2D eigenvalue weighted by Gasteiger charge is 2.23. The number of rotatable bonds is 5. The fourth-order valence-electron chi connectivity index (χ4n) is 3.72. The third-order valence-corrected chi connectivity index (χ3v) is 5.36. The lowest BCUT2D eigenvalue weighted by Gasteiger charge is -2.11. The highest BCUT2D eigenvalue weighted by atomic mass is 19.3. The molecule has 10 heteroatoms. The molecule has 0 spiro atoms. The molecule has 3 heterocycles. The highest BCUT2D eigenvalue weighted by Crippen LogP contribution is 2.32. The average molecular weight is 448 g/mol. The first kappa shape index (κ1) is 20.6. The zero-order chi connectivity index (χ0) is 23.1. The van der Waals surface area contributed by atoms with Gasteiger partial charge in [0, 0.05) is 12.6 Å². The van der Waals surface area contributed by atoms with Gasteiger partial charge in [-0.2, -0.15) is 5.10 Å². The number of aromatic nitrogens is 5. The topological polar surface area (TPSA) is 86.3 Å². The van der Waals surface area contributed by atoms with Crippen LogP contribution in [-0.2, 0) is 7.05 Å². The predicted octanol–water partition coefficient (Wildman–Crippen LogP) is 4.48. The third-order valence-electron chi connectivity index (χ3n) is 5.36. The molecule has 0 aliphatic carbocycles. The van der Waals surface area contributed by atoms with E-state index in [0.29, 0.717) is 22.8 Å². The van der Waals surface area contributed by atoms with Gasteiger partial charge in [-0.05, 0) is 30.3 Å². The molecule has 33 heavy (non-hydrogen) atoms. The molecular weight excluding hydrogens is 430 g/mol. The zero-order valence-corrected chi connectivity index (χ0v) is 17.7. The minimum absolute atomic E-state index is 0.00460. The molecule has 8 nitrogen and oxygen atoms in total. The smallest absolute Gasteiger partial charge is 0.280 e. The monoisotopic (exact) mass is 448 g/mol. The van der Waals surface area contributed by atoms with Crippen LogP contribution < -0.4 is 10.1 Å². The highest BCUT2D eigenvalue weighted by molar-refractivity contribution is 6.08. The Balaban J connectivity index is 1.62. The van der Waals surface area contributed by atoms with Gasteiger partial charge < -0.3 is 9.30 Å². The van der Waals surface area contributed by atoms with Crippen LogP contribution >= 0.6 is 0 Å². The van der Waals surface area contributed by atoms with Crippen LogP contribution in [0.25, 0.3) is 27.9 Å². The van der Waals surface area contributed by atoms with Gasteiger partial charge in [0.2, 0.25) is 5.95 Å². The van der Waals surface area contributed by atoms with Gasteiger partial charge in [0.25, 0.3) is 12.3 Å². The van der Waals surface area contributed by atoms with Gasteiger partial charge in [-0.1, -0.05) is 24.3 Å². The van der Waals surface area contributed by atoms with Crippen LogP contribution in [0.1, 0.15) is 22.5 Å². The maximum atomic E-state index is 13.9. The summed E-state index contributed by atoms with van der Waals surface area (Å²) in [5.74, 6) is 0.226. The van der Waals surface area contributed by atoms with Gasteiger partial charge in [-0.3, -0.25) is 10.1 Å². The Morgan fingerprint density at radius 3 is 2.61 bits per heavy atom. The minimum Gasteiger partial charge on any atom is -0.496 e. The molecule has 3 aromatic heterocycles. The number of halogens is 2. The summed E-state index contributed by atoms with van der Waals surface area (Å²) < 4.78 is 35.8. The number of aryl methyl sites for hydroxylation is 1. The van der Waals surface area contributed by atoms with Crippen LogP contribution in [0, 0.1) is 0 Å². The van der Waals surface area contributed by atoms with E-state index in [-0.39, 0.29) is 22.6 Å². The first-order valence-corrected chi connectivity index (χ1v) is 10.0. The maximum Gasteiger partial charge on any atom is 0.280 e. The Morgan fingerprint density at radius 1 is 1.09 bits per heavy atom. The number of benzene rings is 2. The Hall–Kier alpha value is -4.34. The molecule has 5 aromatic rings. The van der Waals surface area contributed by atoms with Crippen molar-refractivity contribution in [2.24, 2.45) is 7.05 Å². The van der Waals surface area contributed by atoms with Crippen molar-refractivity contribution in [1.29, 1.82) is 0 Å². The molecule has 166 valence electrons. The quantitative estimate of drug-likeness (QED) is 0.428. The van der Waals surface area contributed by atoms with Crippen molar-refractivity contribution in [2.75, 3.05) is 12.4 Å². The van der Waals surface area contributed by atoms with Crippen molar-refractivity contribution >= 4 is 28.5 Å². The van der Waals surface area contributed by atoms with Crippen LogP contribution in [-0.4, -0.2) is 37.2 Å². The number of nitrogens with zero attached hydrogens (tertiary/aromatic N) is 5. The van der Waals surface area contributed by atoms with E-state index in [2.05, 4.69) is 20.4 Å². The summed E-state index contributed by atoms with van der Waals surface area (Å²) in [5.41, 5.74) is 1.98. The van der Waals surface area contributed by atoms with Crippen LogP contribution in [0.5, 0.6) is 5.75 Å². The van der Waals surface area contributed by atoms with Gasteiger partial charge in [-0.15, -0.1) is 0 Å². The zero-order valence-electron chi connectivity index (χ0n) is 17.7. The van der Waals surface area contributed by atoms with Crippen molar-refractivity contribution in [2.45, 2.75) is 6.43 Å². The SMILES string of the molecule is COc1ccccc1-c1cc(C(F)F)n2ncc(C(=O)Nc3nc4ccccc4n3C)c2n1. The van der Waals surface area contributed by atoms with E-state index in [0.717, 1.165) is 10.0 Å². The molecule has 0 unspecified atom stereocenters. The number of methoxy groups -OCH3 is 1. The van der Waals surface area contributed by atoms with E-state index in [1.165, 1.54) is 19.4 Å². The second kappa shape index (κ2) is 7.97. The summed E-state index contributed by atoms with van der Waals surface area (Å²) in [5, 5.41) is 6.73. The molecule has 0 atom stereocenters. The van der Waals surface area contributed by atoms with E-state index in [1.54, 1.807) is 35.9 Å². The second-order valence-corrected chi connectivity index (χ2v) is 7.30. The van der Waals surface area contributed by atoms with Crippen molar-refractivity contribution in [3.05, 3.63) is 72.1 Å². The largest absolute Gasteiger partial charge is 0.496 e. The van der Waals surface area contributed by atoms with E-state index in [1.807, 2.05) is 24.3 Å². The van der Waals surface area contributed by atoms with E-state index in [9.17, 15) is 13.6 Å². The average Bonchev–Trinajstić information content (AvgIpc) is 3.39. The van der Waals surface area contributed by atoms with Crippen molar-refractivity contribution < 1.29 is 18.3 Å². The number of anilines is 1. The fraction of sp³-hybridized carbons (Fsp3) is 0.130. The van der Waals surface area contributed by atoms with Crippen LogP contribution in [0.2, 0.25) is 0 Å². The number of nitrogens with one attached hydrogen (secondary N) is 1. The standard InChI is InChI=1S/C23H18F2N6O2/c1-30-17-9-5-4-8-15(17)28-23(30)29-22(32)14-12-26-31-18(20(24)25)11-16(27-21(14)31)13-7-3-6-10-19(13)33-2/h3-12,20H,1-2H3,(H,28,29,32). The van der Waals surface area contributed by atoms with Gasteiger partial charge in [0.15, 0.2) is 5.65 Å². The molecule has 0 radical (unpaired) electrons. The molecular formula is C23H18F2N6O2. The fourth-order valence-corrected chi connectivity index (χ4v) is 3.72. The normalized spacial score (nSPS) is 11.4. The van der Waals surface area contributed by atoms with E-state index >= 15 is 0 Å². The summed E-state index contributed by atoms with van der Waals surface area (Å²) in [7, 11) is 3.26. The maximum absolute atomic E-state index is 13.9. The third kappa shape index (κ3) is 3.45. The summed E-state index contributed by atoms with van der Waals surface area (Å²) in [6.07, 6.45) is -1.61. The number of hydrogen-bond acceptors (Lipinski definition) is 5. The Bertz CT molecular complexity index is 1510. The Morgan fingerprint density at radius 2 is 1.85 bits per heavy atom. The van der Waals surface area contributed by atoms with Gasteiger partial charge in [0.1, 0.15) is 17.0 Å². The minimum atomic E-state index is -2.83. The van der Waals surface area contributed by atoms with Crippen LogP contribution in [0.15, 0.2) is 60.8 Å². The lowest BCUT2D eigenvalue weighted by Crippen LogP contribution is -2.15. The second-order valence-electron chi connectivity index (χ2n) is 7.30. The van der Waals surface area contributed by atoms with E-state index in [4.69, 9.17) is 4.74 Å². The summed E-state index contributed by atoms with van der Waals surface area (Å²) >= 11 is 0. The number of fused-ring (bicyclic) bond motifs is 2. The molecule has 2 aromatic carbocycles. The van der Waals surface area contributed by atoms with Crippen molar-refractivity contribution in [3.8, 4) is 17.0 Å². The first-order valence-electron chi connectivity index (χ1n) is 10.0. The lowest BCUT2D eigenvalue weighted by molar-refractivity contribution is 0.102. The summed E-state index contributed by atoms with van der Waals surface area (Å²) in [4.78, 5) is 22.0. The number of alkyl halides is 2. The van der Waals surface area contributed by atoms with Crippen LogP contribution in [0.4, 0.5) is 14.7 Å². The number of imidazole rings is 1. The summed E-state index contributed by atoms with van der Waals surface area (Å²) in [6, 6.07) is 15.6. The molecule has 5 rings (SSSR count). The molecule has 0 saturated carbocycles. The molecule has 1 amide bonds. The number of hydrogen-bond donors (Lipinski definition) is 1. The summed E-state index contributed by atoms with van der Waals surface area (Å²) in [6.45, 7) is 0. The lowest BCUT2D eigenvalue weighted by atomic mass is 10.1. The molecule has 0 saturated heterocycles. The van der Waals surface area contributed by atoms with Gasteiger partial charge >= 0.3 is 0 Å². The number of para-hydroxylation sites is 3. The number of carbonyl (C=O) groups is 1. The number of amides is 1. The van der Waals surface area contributed by atoms with E-state index < -0.39 is 12.3 Å². The predicted molar refractivity (Wildman–Crippen MR) is 119 cm³/mol. The van der Waals surface area contributed by atoms with Crippen molar-refractivity contribution in [3.63, 3.8) is 0 Å². The molecule has 0 fully saturated rings. The molecule has 0 aliphatic rings. The van der Waals surface area contributed by atoms with Crippen molar-refractivity contribution in [1.82, 2.24) is 24.1 Å². The van der Waals surface area contributed by atoms with Crippen LogP contribution in [0.3, 0.4) is 0 Å². The Kier molecular flexibility index (Phi) is 4.97. The molecule has 0 bridgehead atoms. The first-order chi connectivity index (χ1) is 16.0. The van der Waals surface area contributed by atoms with Gasteiger partial charge in [0.05, 0.1) is 30.0 Å². The number of carbonyl (C=O) groups excluding carboxylic acids is 1. The number of ether oxygens (including phenoxy) is 1.